The summed E-state index contributed by atoms with van der Waals surface area (Å²) in [4.78, 5) is 25.5. The van der Waals surface area contributed by atoms with Crippen LogP contribution in [0.3, 0.4) is 0 Å². The minimum atomic E-state index is -2.11. The molecular weight excluding hydrogens is 569 g/mol. The Labute approximate surface area is 254 Å². The second kappa shape index (κ2) is 18.5. The first kappa shape index (κ1) is 37.9. The van der Waals surface area contributed by atoms with Gasteiger partial charge in [-0.25, -0.2) is 4.79 Å². The van der Waals surface area contributed by atoms with Crippen molar-refractivity contribution in [3.8, 4) is 0 Å². The lowest BCUT2D eigenvalue weighted by atomic mass is 10.0. The Balaban J connectivity index is 2.58. The van der Waals surface area contributed by atoms with E-state index >= 15 is 0 Å². The largest absolute Gasteiger partial charge is 0.542 e. The average Bonchev–Trinajstić information content (AvgIpc) is 3.11. The molecule has 0 saturated heterocycles. The minimum Gasteiger partial charge on any atom is -0.542 e. The second-order valence-corrected chi connectivity index (χ2v) is 27.7. The molecule has 10 heteroatoms. The summed E-state index contributed by atoms with van der Waals surface area (Å²) in [6, 6.07) is 0. The van der Waals surface area contributed by atoms with Crippen LogP contribution < -0.4 is 0 Å². The van der Waals surface area contributed by atoms with Crippen molar-refractivity contribution in [2.45, 2.75) is 168 Å². The predicted molar refractivity (Wildman–Crippen MR) is 175 cm³/mol. The van der Waals surface area contributed by atoms with Crippen LogP contribution in [0.1, 0.15) is 96.8 Å². The van der Waals surface area contributed by atoms with Gasteiger partial charge in [0, 0.05) is 6.42 Å². The molecule has 1 aliphatic heterocycles. The molecule has 0 radical (unpaired) electrons. The molecule has 0 saturated carbocycles. The van der Waals surface area contributed by atoms with Crippen LogP contribution >= 0.6 is 0 Å². The highest BCUT2D eigenvalue weighted by atomic mass is 28.4. The summed E-state index contributed by atoms with van der Waals surface area (Å²) < 4.78 is 30.4. The number of esters is 2. The maximum absolute atomic E-state index is 12.9. The zero-order chi connectivity index (χ0) is 31.1. The first-order valence-electron chi connectivity index (χ1n) is 16.2. The van der Waals surface area contributed by atoms with Crippen LogP contribution in [0.15, 0.2) is 11.5 Å². The Morgan fingerprint density at radius 2 is 1.17 bits per heavy atom. The fourth-order valence-electron chi connectivity index (χ4n) is 4.70. The van der Waals surface area contributed by atoms with E-state index in [-0.39, 0.29) is 18.3 Å². The number of ether oxygens (including phenoxy) is 2. The van der Waals surface area contributed by atoms with Crippen molar-refractivity contribution in [2.24, 2.45) is 0 Å². The fourth-order valence-corrected chi connectivity index (χ4v) is 7.47. The van der Waals surface area contributed by atoms with Gasteiger partial charge < -0.3 is 22.8 Å². The second-order valence-electron chi connectivity index (χ2n) is 14.4. The SMILES string of the molecule is CCCCCCCCCCCCCCCC(=O)OCC(O[Si](C)(C)C)C1OC(=O)C(O[Si](C)(C)C)=C1O[Si](C)(C)C. The molecule has 0 N–H and O–H groups in total. The smallest absolute Gasteiger partial charge is 0.376 e. The van der Waals surface area contributed by atoms with Crippen molar-refractivity contribution in [3.63, 3.8) is 0 Å². The number of carbonyl (C=O) groups excluding carboxylic acids is 2. The Bertz CT molecular complexity index is 810. The maximum Gasteiger partial charge on any atom is 0.376 e. The third-order valence-electron chi connectivity index (χ3n) is 6.46. The molecule has 240 valence electrons. The number of cyclic esters (lactones) is 1. The molecule has 0 bridgehead atoms. The predicted octanol–water partition coefficient (Wildman–Crippen LogP) is 9.07. The van der Waals surface area contributed by atoms with Crippen LogP contribution in [-0.2, 0) is 32.3 Å². The minimum absolute atomic E-state index is 0.0122. The van der Waals surface area contributed by atoms with Crippen molar-refractivity contribution in [1.29, 1.82) is 0 Å². The van der Waals surface area contributed by atoms with Gasteiger partial charge in [-0.3, -0.25) is 4.79 Å². The summed E-state index contributed by atoms with van der Waals surface area (Å²) in [5.41, 5.74) is 0. The zero-order valence-corrected chi connectivity index (χ0v) is 31.1. The number of carbonyl (C=O) groups is 2. The van der Waals surface area contributed by atoms with E-state index in [0.29, 0.717) is 12.2 Å². The van der Waals surface area contributed by atoms with Crippen LogP contribution in [0.5, 0.6) is 0 Å². The van der Waals surface area contributed by atoms with Crippen molar-refractivity contribution >= 4 is 36.9 Å². The van der Waals surface area contributed by atoms with Crippen LogP contribution in [0, 0.1) is 0 Å². The molecule has 2 unspecified atom stereocenters. The van der Waals surface area contributed by atoms with E-state index < -0.39 is 43.1 Å². The lowest BCUT2D eigenvalue weighted by molar-refractivity contribution is -0.153. The quantitative estimate of drug-likeness (QED) is 0.0633. The van der Waals surface area contributed by atoms with E-state index in [1.54, 1.807) is 0 Å². The maximum atomic E-state index is 12.9. The summed E-state index contributed by atoms with van der Waals surface area (Å²) in [5.74, 6) is -0.226. The van der Waals surface area contributed by atoms with Gasteiger partial charge in [-0.2, -0.15) is 0 Å². The molecular formula is C31H62O7Si3. The van der Waals surface area contributed by atoms with Crippen LogP contribution in [0.4, 0.5) is 0 Å². The Hall–Kier alpha value is -1.11. The van der Waals surface area contributed by atoms with Gasteiger partial charge >= 0.3 is 11.9 Å². The van der Waals surface area contributed by atoms with Gasteiger partial charge in [0.15, 0.2) is 20.2 Å². The van der Waals surface area contributed by atoms with Crippen molar-refractivity contribution in [1.82, 2.24) is 0 Å². The van der Waals surface area contributed by atoms with Crippen molar-refractivity contribution < 1.29 is 32.3 Å². The molecule has 0 spiro atoms. The molecule has 1 rings (SSSR count). The van der Waals surface area contributed by atoms with E-state index in [1.807, 2.05) is 19.6 Å². The highest BCUT2D eigenvalue weighted by molar-refractivity contribution is 6.71. The van der Waals surface area contributed by atoms with E-state index in [9.17, 15) is 9.59 Å². The summed E-state index contributed by atoms with van der Waals surface area (Å²) in [5, 5.41) is 0. The zero-order valence-electron chi connectivity index (χ0n) is 28.1. The number of rotatable bonds is 23. The lowest BCUT2D eigenvalue weighted by Gasteiger charge is -2.32. The number of hydrogen-bond acceptors (Lipinski definition) is 7. The van der Waals surface area contributed by atoms with E-state index in [2.05, 4.69) is 46.2 Å². The highest BCUT2D eigenvalue weighted by Crippen LogP contribution is 2.33. The van der Waals surface area contributed by atoms with Crippen molar-refractivity contribution in [3.05, 3.63) is 11.5 Å². The lowest BCUT2D eigenvalue weighted by Crippen LogP contribution is -2.44. The first-order chi connectivity index (χ1) is 19.0. The Morgan fingerprint density at radius 3 is 1.61 bits per heavy atom. The van der Waals surface area contributed by atoms with Gasteiger partial charge in [0.2, 0.25) is 22.4 Å². The average molecular weight is 631 g/mol. The summed E-state index contributed by atoms with van der Waals surface area (Å²) in [6.07, 6.45) is 15.4. The van der Waals surface area contributed by atoms with Gasteiger partial charge in [0.25, 0.3) is 0 Å². The fraction of sp³-hybridized carbons (Fsp3) is 0.871. The summed E-state index contributed by atoms with van der Waals surface area (Å²) in [6.45, 7) is 20.7. The van der Waals surface area contributed by atoms with Crippen LogP contribution in [0.2, 0.25) is 58.9 Å². The highest BCUT2D eigenvalue weighted by Gasteiger charge is 2.47. The molecule has 0 aromatic rings. The molecule has 0 fully saturated rings. The molecule has 7 nitrogen and oxygen atoms in total. The molecule has 0 aromatic heterocycles. The number of hydrogen-bond donors (Lipinski definition) is 0. The molecule has 1 aliphatic rings. The molecule has 2 atom stereocenters. The van der Waals surface area contributed by atoms with Gasteiger partial charge in [-0.1, -0.05) is 84.0 Å². The van der Waals surface area contributed by atoms with Gasteiger partial charge in [0.1, 0.15) is 12.7 Å². The van der Waals surface area contributed by atoms with E-state index in [0.717, 1.165) is 19.3 Å². The van der Waals surface area contributed by atoms with Crippen LogP contribution in [0.25, 0.3) is 0 Å². The number of unbranched alkanes of at least 4 members (excludes halogenated alkanes) is 12. The third kappa shape index (κ3) is 18.2. The normalized spacial score (nSPS) is 17.0. The topological polar surface area (TPSA) is 80.3 Å². The molecule has 0 aliphatic carbocycles. The molecule has 0 amide bonds. The summed E-state index contributed by atoms with van der Waals surface area (Å²) in [7, 11) is -6.30. The van der Waals surface area contributed by atoms with E-state index in [1.165, 1.54) is 64.2 Å². The van der Waals surface area contributed by atoms with Crippen LogP contribution in [-0.4, -0.2) is 55.7 Å². The summed E-state index contributed by atoms with van der Waals surface area (Å²) >= 11 is 0. The standard InChI is InChI=1S/C31H62O7Si3/c1-11-12-13-14-15-16-17-18-19-20-21-22-23-24-27(32)34-25-26(36-39(2,3)4)28-29(37-40(5,6)7)30(31(33)35-28)38-41(8,9)10/h26,28H,11-25H2,1-10H3. The van der Waals surface area contributed by atoms with E-state index in [4.69, 9.17) is 22.8 Å². The molecule has 0 aromatic carbocycles. The Morgan fingerprint density at radius 1 is 0.707 bits per heavy atom. The molecule has 1 heterocycles. The molecule has 41 heavy (non-hydrogen) atoms. The van der Waals surface area contributed by atoms with Gasteiger partial charge in [0.05, 0.1) is 0 Å². The van der Waals surface area contributed by atoms with Gasteiger partial charge in [-0.05, 0) is 65.3 Å². The van der Waals surface area contributed by atoms with Gasteiger partial charge in [-0.15, -0.1) is 0 Å². The third-order valence-corrected chi connectivity index (χ3v) is 9.12. The monoisotopic (exact) mass is 630 g/mol. The van der Waals surface area contributed by atoms with Crippen molar-refractivity contribution in [2.75, 3.05) is 6.61 Å². The first-order valence-corrected chi connectivity index (χ1v) is 26.4. The Kier molecular flexibility index (Phi) is 17.1.